The van der Waals surface area contributed by atoms with Gasteiger partial charge in [-0.25, -0.2) is 9.37 Å². The second kappa shape index (κ2) is 3.03. The lowest BCUT2D eigenvalue weighted by Crippen LogP contribution is -2.00. The Balaban J connectivity index is 2.24. The molecular weight excluding hydrogens is 193 g/mol. The Bertz CT molecular complexity index is 514. The fourth-order valence-electron chi connectivity index (χ4n) is 1.87. The summed E-state index contributed by atoms with van der Waals surface area (Å²) in [6.45, 7) is 0.193. The van der Waals surface area contributed by atoms with E-state index in [1.807, 2.05) is 0 Å². The van der Waals surface area contributed by atoms with E-state index in [2.05, 4.69) is 9.97 Å². The molecule has 3 N–H and O–H groups in total. The van der Waals surface area contributed by atoms with Gasteiger partial charge in [-0.15, -0.1) is 0 Å². The van der Waals surface area contributed by atoms with Gasteiger partial charge in [0.25, 0.3) is 0 Å². The molecule has 0 unspecified atom stereocenters. The van der Waals surface area contributed by atoms with E-state index < -0.39 is 0 Å². The van der Waals surface area contributed by atoms with Gasteiger partial charge >= 0.3 is 0 Å². The van der Waals surface area contributed by atoms with E-state index in [0.717, 1.165) is 11.3 Å². The van der Waals surface area contributed by atoms with Crippen molar-refractivity contribution in [2.45, 2.75) is 25.3 Å². The molecule has 4 heteroatoms. The molecule has 1 aliphatic rings. The highest BCUT2D eigenvalue weighted by atomic mass is 19.1. The lowest BCUT2D eigenvalue weighted by atomic mass is 10.2. The van der Waals surface area contributed by atoms with E-state index in [0.29, 0.717) is 17.0 Å². The van der Waals surface area contributed by atoms with E-state index in [-0.39, 0.29) is 12.4 Å². The third-order valence-electron chi connectivity index (χ3n) is 2.89. The van der Waals surface area contributed by atoms with Gasteiger partial charge < -0.3 is 10.7 Å². The normalized spacial score (nSPS) is 16.1. The molecule has 2 aromatic rings. The molecule has 1 heterocycles. The van der Waals surface area contributed by atoms with Crippen LogP contribution in [0.4, 0.5) is 4.39 Å². The zero-order valence-electron chi connectivity index (χ0n) is 8.26. The Morgan fingerprint density at radius 1 is 1.47 bits per heavy atom. The molecule has 0 saturated heterocycles. The molecule has 0 aliphatic heterocycles. The number of imidazole rings is 1. The van der Waals surface area contributed by atoms with Gasteiger partial charge in [-0.2, -0.15) is 0 Å². The smallest absolute Gasteiger partial charge is 0.130 e. The minimum absolute atomic E-state index is 0.193. The number of fused-ring (bicyclic) bond motifs is 1. The molecule has 0 atom stereocenters. The van der Waals surface area contributed by atoms with Gasteiger partial charge in [0.15, 0.2) is 0 Å². The number of nitrogens with two attached hydrogens (primary N) is 1. The number of halogens is 1. The molecule has 15 heavy (non-hydrogen) atoms. The second-order valence-corrected chi connectivity index (χ2v) is 4.02. The summed E-state index contributed by atoms with van der Waals surface area (Å²) >= 11 is 0. The average Bonchev–Trinajstić information content (AvgIpc) is 2.99. The molecule has 0 spiro atoms. The summed E-state index contributed by atoms with van der Waals surface area (Å²) in [5.41, 5.74) is 7.62. The van der Waals surface area contributed by atoms with Gasteiger partial charge in [-0.1, -0.05) is 0 Å². The Labute approximate surface area is 86.5 Å². The van der Waals surface area contributed by atoms with Crippen LogP contribution in [0.1, 0.15) is 30.1 Å². The van der Waals surface area contributed by atoms with Crippen molar-refractivity contribution in [3.63, 3.8) is 0 Å². The third kappa shape index (κ3) is 1.33. The number of hydrogen-bond acceptors (Lipinski definition) is 2. The Morgan fingerprint density at radius 3 is 2.93 bits per heavy atom. The minimum Gasteiger partial charge on any atom is -0.342 e. The standard InChI is InChI=1S/C11H12FN3/c12-8-3-4-9-10(7(8)5-13)15-11(14-9)6-1-2-6/h3-4,6H,1-2,5,13H2,(H,14,15). The van der Waals surface area contributed by atoms with E-state index in [9.17, 15) is 4.39 Å². The number of aromatic nitrogens is 2. The van der Waals surface area contributed by atoms with Crippen molar-refractivity contribution in [1.82, 2.24) is 9.97 Å². The summed E-state index contributed by atoms with van der Waals surface area (Å²) in [7, 11) is 0. The Kier molecular flexibility index (Phi) is 1.79. The van der Waals surface area contributed by atoms with E-state index in [4.69, 9.17) is 5.73 Å². The lowest BCUT2D eigenvalue weighted by molar-refractivity contribution is 0.613. The SMILES string of the molecule is NCc1c(F)ccc2[nH]c(C3CC3)nc12. The van der Waals surface area contributed by atoms with Crippen LogP contribution in [-0.2, 0) is 6.54 Å². The summed E-state index contributed by atoms with van der Waals surface area (Å²) in [4.78, 5) is 7.66. The van der Waals surface area contributed by atoms with Crippen LogP contribution in [0.15, 0.2) is 12.1 Å². The predicted octanol–water partition coefficient (Wildman–Crippen LogP) is 2.04. The zero-order valence-corrected chi connectivity index (χ0v) is 8.26. The number of hydrogen-bond donors (Lipinski definition) is 2. The molecular formula is C11H12FN3. The quantitative estimate of drug-likeness (QED) is 0.788. The van der Waals surface area contributed by atoms with Gasteiger partial charge in [0.05, 0.1) is 11.0 Å². The first-order valence-corrected chi connectivity index (χ1v) is 5.16. The maximum atomic E-state index is 13.4. The highest BCUT2D eigenvalue weighted by Gasteiger charge is 2.27. The monoisotopic (exact) mass is 205 g/mol. The molecule has 3 rings (SSSR count). The van der Waals surface area contributed by atoms with Gasteiger partial charge in [0.1, 0.15) is 11.6 Å². The molecule has 1 fully saturated rings. The van der Waals surface area contributed by atoms with E-state index in [1.54, 1.807) is 6.07 Å². The highest BCUT2D eigenvalue weighted by molar-refractivity contribution is 5.79. The van der Waals surface area contributed by atoms with Gasteiger partial charge in [0.2, 0.25) is 0 Å². The largest absolute Gasteiger partial charge is 0.342 e. The highest BCUT2D eigenvalue weighted by Crippen LogP contribution is 2.39. The van der Waals surface area contributed by atoms with E-state index in [1.165, 1.54) is 18.9 Å². The zero-order chi connectivity index (χ0) is 10.4. The Morgan fingerprint density at radius 2 is 2.27 bits per heavy atom. The summed E-state index contributed by atoms with van der Waals surface area (Å²) in [5.74, 6) is 1.26. The van der Waals surface area contributed by atoms with Crippen molar-refractivity contribution >= 4 is 11.0 Å². The number of rotatable bonds is 2. The van der Waals surface area contributed by atoms with Crippen molar-refractivity contribution in [2.75, 3.05) is 0 Å². The van der Waals surface area contributed by atoms with Crippen LogP contribution in [0.25, 0.3) is 11.0 Å². The number of aromatic amines is 1. The fraction of sp³-hybridized carbons (Fsp3) is 0.364. The number of H-pyrrole nitrogens is 1. The van der Waals surface area contributed by atoms with Gasteiger partial charge in [0, 0.05) is 18.0 Å². The van der Waals surface area contributed by atoms with Crippen LogP contribution in [0.2, 0.25) is 0 Å². The summed E-state index contributed by atoms with van der Waals surface area (Å²) in [5, 5.41) is 0. The van der Waals surface area contributed by atoms with Crippen LogP contribution >= 0.6 is 0 Å². The van der Waals surface area contributed by atoms with Gasteiger partial charge in [-0.05, 0) is 25.0 Å². The van der Waals surface area contributed by atoms with Crippen molar-refractivity contribution in [1.29, 1.82) is 0 Å². The predicted molar refractivity (Wildman–Crippen MR) is 55.9 cm³/mol. The molecule has 0 radical (unpaired) electrons. The summed E-state index contributed by atoms with van der Waals surface area (Å²) in [6.07, 6.45) is 2.36. The second-order valence-electron chi connectivity index (χ2n) is 4.02. The molecule has 78 valence electrons. The molecule has 0 amide bonds. The molecule has 1 saturated carbocycles. The molecule has 0 bridgehead atoms. The minimum atomic E-state index is -0.265. The molecule has 1 aliphatic carbocycles. The van der Waals surface area contributed by atoms with Crippen LogP contribution < -0.4 is 5.73 Å². The Hall–Kier alpha value is -1.42. The summed E-state index contributed by atoms with van der Waals surface area (Å²) < 4.78 is 13.4. The topological polar surface area (TPSA) is 54.7 Å². The first kappa shape index (κ1) is 8.85. The molecule has 3 nitrogen and oxygen atoms in total. The summed E-state index contributed by atoms with van der Waals surface area (Å²) in [6, 6.07) is 3.17. The fourth-order valence-corrected chi connectivity index (χ4v) is 1.87. The maximum Gasteiger partial charge on any atom is 0.130 e. The molecule has 1 aromatic heterocycles. The number of benzene rings is 1. The molecule has 1 aromatic carbocycles. The van der Waals surface area contributed by atoms with Crippen molar-refractivity contribution in [3.05, 3.63) is 29.3 Å². The lowest BCUT2D eigenvalue weighted by Gasteiger charge is -1.98. The van der Waals surface area contributed by atoms with Crippen molar-refractivity contribution < 1.29 is 4.39 Å². The van der Waals surface area contributed by atoms with E-state index >= 15 is 0 Å². The maximum absolute atomic E-state index is 13.4. The first-order chi connectivity index (χ1) is 7.29. The van der Waals surface area contributed by atoms with Crippen molar-refractivity contribution in [3.8, 4) is 0 Å². The van der Waals surface area contributed by atoms with Crippen molar-refractivity contribution in [2.24, 2.45) is 5.73 Å². The average molecular weight is 205 g/mol. The first-order valence-electron chi connectivity index (χ1n) is 5.16. The van der Waals surface area contributed by atoms with Crippen LogP contribution in [0.3, 0.4) is 0 Å². The third-order valence-corrected chi connectivity index (χ3v) is 2.89. The van der Waals surface area contributed by atoms with Gasteiger partial charge in [-0.3, -0.25) is 0 Å². The van der Waals surface area contributed by atoms with Crippen LogP contribution in [-0.4, -0.2) is 9.97 Å². The number of nitrogens with zero attached hydrogens (tertiary/aromatic N) is 1. The van der Waals surface area contributed by atoms with Crippen LogP contribution in [0, 0.1) is 5.82 Å². The number of nitrogens with one attached hydrogen (secondary N) is 1. The van der Waals surface area contributed by atoms with Crippen LogP contribution in [0.5, 0.6) is 0 Å².